The molecule has 182 valence electrons. The summed E-state index contributed by atoms with van der Waals surface area (Å²) >= 11 is 0. The molecule has 2 heterocycles. The van der Waals surface area contributed by atoms with E-state index in [-0.39, 0.29) is 18.9 Å². The molecule has 0 saturated carbocycles. The molecule has 1 aromatic carbocycles. The Balaban J connectivity index is 0.000000819. The van der Waals surface area contributed by atoms with Gasteiger partial charge in [0.05, 0.1) is 20.0 Å². The van der Waals surface area contributed by atoms with Gasteiger partial charge in [-0.3, -0.25) is 19.3 Å². The molecule has 1 amide bonds. The zero-order chi connectivity index (χ0) is 24.5. The average Bonchev–Trinajstić information content (AvgIpc) is 3.37. The van der Waals surface area contributed by atoms with Crippen molar-refractivity contribution < 1.29 is 34.1 Å². The molecule has 3 rings (SSSR count). The van der Waals surface area contributed by atoms with Crippen molar-refractivity contribution in [3.63, 3.8) is 0 Å². The highest BCUT2D eigenvalue weighted by atomic mass is 16.5. The van der Waals surface area contributed by atoms with E-state index in [0.717, 1.165) is 38.2 Å². The van der Waals surface area contributed by atoms with Gasteiger partial charge < -0.3 is 29.6 Å². The van der Waals surface area contributed by atoms with Crippen LogP contribution in [0.4, 0.5) is 0 Å². The highest BCUT2D eigenvalue weighted by Gasteiger charge is 2.42. The third-order valence-corrected chi connectivity index (χ3v) is 5.28. The van der Waals surface area contributed by atoms with E-state index < -0.39 is 5.54 Å². The van der Waals surface area contributed by atoms with Crippen LogP contribution in [0.3, 0.4) is 0 Å². The van der Waals surface area contributed by atoms with Crippen LogP contribution in [0.1, 0.15) is 18.4 Å². The SMILES string of the molecule is COCCNC(=O)C1(n2ccnc2)CCN(Cc2ccccc2OC)CC1.O=CO.O=CO. The van der Waals surface area contributed by atoms with Gasteiger partial charge in [0.2, 0.25) is 5.91 Å². The Bertz CT molecular complexity index is 816. The number of hydrogen-bond donors (Lipinski definition) is 3. The molecule has 3 N–H and O–H groups in total. The van der Waals surface area contributed by atoms with E-state index in [1.54, 1.807) is 26.7 Å². The first kappa shape index (κ1) is 27.6. The van der Waals surface area contributed by atoms with Gasteiger partial charge in [0.15, 0.2) is 0 Å². The summed E-state index contributed by atoms with van der Waals surface area (Å²) in [5.41, 5.74) is 0.571. The maximum absolute atomic E-state index is 13.0. The maximum atomic E-state index is 13.0. The van der Waals surface area contributed by atoms with Crippen molar-refractivity contribution >= 4 is 18.9 Å². The summed E-state index contributed by atoms with van der Waals surface area (Å²) in [6.07, 6.45) is 6.82. The van der Waals surface area contributed by atoms with Gasteiger partial charge in [0.25, 0.3) is 12.9 Å². The van der Waals surface area contributed by atoms with Gasteiger partial charge in [-0.2, -0.15) is 0 Å². The number of nitrogens with one attached hydrogen (secondary N) is 1. The number of carbonyl (C=O) groups excluding carboxylic acids is 1. The van der Waals surface area contributed by atoms with E-state index in [4.69, 9.17) is 29.3 Å². The van der Waals surface area contributed by atoms with E-state index in [9.17, 15) is 4.79 Å². The lowest BCUT2D eigenvalue weighted by molar-refractivity contribution is -0.133. The predicted molar refractivity (Wildman–Crippen MR) is 120 cm³/mol. The third-order valence-electron chi connectivity index (χ3n) is 5.28. The van der Waals surface area contributed by atoms with Gasteiger partial charge in [0, 0.05) is 51.2 Å². The summed E-state index contributed by atoms with van der Waals surface area (Å²) in [6, 6.07) is 8.08. The van der Waals surface area contributed by atoms with Gasteiger partial charge in [0.1, 0.15) is 11.3 Å². The van der Waals surface area contributed by atoms with Crippen LogP contribution in [0.15, 0.2) is 43.0 Å². The monoisotopic (exact) mass is 464 g/mol. The van der Waals surface area contributed by atoms with Crippen molar-refractivity contribution in [2.75, 3.05) is 40.5 Å². The van der Waals surface area contributed by atoms with Crippen LogP contribution in [0, 0.1) is 0 Å². The first-order valence-electron chi connectivity index (χ1n) is 10.3. The van der Waals surface area contributed by atoms with Crippen LogP contribution < -0.4 is 10.1 Å². The first-order chi connectivity index (χ1) is 16.0. The lowest BCUT2D eigenvalue weighted by Gasteiger charge is -2.41. The van der Waals surface area contributed by atoms with Crippen LogP contribution >= 0.6 is 0 Å². The highest BCUT2D eigenvalue weighted by molar-refractivity contribution is 5.84. The molecule has 11 heteroatoms. The molecule has 0 aliphatic carbocycles. The maximum Gasteiger partial charge on any atom is 0.290 e. The summed E-state index contributed by atoms with van der Waals surface area (Å²) in [5.74, 6) is 0.941. The molecule has 0 unspecified atom stereocenters. The smallest absolute Gasteiger partial charge is 0.290 e. The van der Waals surface area contributed by atoms with E-state index in [1.807, 2.05) is 29.0 Å². The van der Waals surface area contributed by atoms with Crippen LogP contribution in [0.25, 0.3) is 0 Å². The van der Waals surface area contributed by atoms with Crippen molar-refractivity contribution in [2.24, 2.45) is 0 Å². The minimum Gasteiger partial charge on any atom is -0.496 e. The van der Waals surface area contributed by atoms with Gasteiger partial charge >= 0.3 is 0 Å². The van der Waals surface area contributed by atoms with E-state index in [0.29, 0.717) is 13.2 Å². The molecular formula is C22H32N4O7. The van der Waals surface area contributed by atoms with Crippen molar-refractivity contribution in [3.8, 4) is 5.75 Å². The van der Waals surface area contributed by atoms with E-state index in [2.05, 4.69) is 21.3 Å². The minimum atomic E-state index is -0.596. The molecule has 0 atom stereocenters. The molecule has 1 saturated heterocycles. The largest absolute Gasteiger partial charge is 0.496 e. The number of benzene rings is 1. The van der Waals surface area contributed by atoms with Crippen LogP contribution in [0.2, 0.25) is 0 Å². The second-order valence-corrected chi connectivity index (χ2v) is 7.05. The first-order valence-corrected chi connectivity index (χ1v) is 10.3. The number of rotatable bonds is 8. The second-order valence-electron chi connectivity index (χ2n) is 7.05. The summed E-state index contributed by atoms with van der Waals surface area (Å²) in [4.78, 5) is 36.3. The average molecular weight is 465 g/mol. The van der Waals surface area contributed by atoms with Crippen molar-refractivity contribution in [2.45, 2.75) is 24.9 Å². The van der Waals surface area contributed by atoms with Crippen LogP contribution in [-0.4, -0.2) is 84.0 Å². The molecule has 0 bridgehead atoms. The zero-order valence-electron chi connectivity index (χ0n) is 18.9. The van der Waals surface area contributed by atoms with Gasteiger partial charge in [-0.1, -0.05) is 18.2 Å². The number of para-hydroxylation sites is 1. The molecule has 0 spiro atoms. The second kappa shape index (κ2) is 15.4. The number of aromatic nitrogens is 2. The third kappa shape index (κ3) is 8.20. The Morgan fingerprint density at radius 3 is 2.36 bits per heavy atom. The van der Waals surface area contributed by atoms with Gasteiger partial charge in [-0.05, 0) is 18.9 Å². The fraction of sp³-hybridized carbons (Fsp3) is 0.455. The van der Waals surface area contributed by atoms with Crippen molar-refractivity contribution in [1.82, 2.24) is 19.8 Å². The van der Waals surface area contributed by atoms with Gasteiger partial charge in [-0.15, -0.1) is 0 Å². The number of ether oxygens (including phenoxy) is 2. The molecule has 33 heavy (non-hydrogen) atoms. The number of carbonyl (C=O) groups is 3. The Labute approximate surface area is 192 Å². The minimum absolute atomic E-state index is 0.0366. The molecule has 1 aliphatic heterocycles. The van der Waals surface area contributed by atoms with E-state index in [1.165, 1.54) is 5.56 Å². The Kier molecular flexibility index (Phi) is 12.9. The number of amides is 1. The summed E-state index contributed by atoms with van der Waals surface area (Å²) in [6.45, 7) is 2.99. The Morgan fingerprint density at radius 2 is 1.82 bits per heavy atom. The van der Waals surface area contributed by atoms with Crippen molar-refractivity contribution in [1.29, 1.82) is 0 Å². The Morgan fingerprint density at radius 1 is 1.18 bits per heavy atom. The molecule has 1 aromatic heterocycles. The normalized spacial score (nSPS) is 14.5. The fourth-order valence-electron chi connectivity index (χ4n) is 3.70. The van der Waals surface area contributed by atoms with E-state index >= 15 is 0 Å². The predicted octanol–water partition coefficient (Wildman–Crippen LogP) is 1.05. The summed E-state index contributed by atoms with van der Waals surface area (Å²) in [5, 5.41) is 16.8. The zero-order valence-corrected chi connectivity index (χ0v) is 18.9. The molecule has 0 radical (unpaired) electrons. The Hall–Kier alpha value is -3.44. The summed E-state index contributed by atoms with van der Waals surface area (Å²) < 4.78 is 12.5. The number of piperidine rings is 1. The van der Waals surface area contributed by atoms with Crippen LogP contribution in [-0.2, 0) is 31.2 Å². The number of methoxy groups -OCH3 is 2. The quantitative estimate of drug-likeness (QED) is 0.386. The molecule has 1 aliphatic rings. The lowest BCUT2D eigenvalue weighted by atomic mass is 9.85. The number of imidazole rings is 1. The number of likely N-dealkylation sites (tertiary alicyclic amines) is 1. The highest BCUT2D eigenvalue weighted by Crippen LogP contribution is 2.32. The van der Waals surface area contributed by atoms with Crippen LogP contribution in [0.5, 0.6) is 5.75 Å². The number of carboxylic acid groups (broad SMARTS) is 2. The molecule has 11 nitrogen and oxygen atoms in total. The molecule has 2 aromatic rings. The molecular weight excluding hydrogens is 432 g/mol. The lowest BCUT2D eigenvalue weighted by Crippen LogP contribution is -2.55. The standard InChI is InChI=1S/C20H28N4O3.2CH2O2/c1-26-14-10-22-19(25)20(24-13-9-21-16-24)7-11-23(12-8-20)15-17-5-3-4-6-18(17)27-2;2*2-1-3/h3-6,9,13,16H,7-8,10-12,14-15H2,1-2H3,(H,22,25);2*1H,(H,2,3). The van der Waals surface area contributed by atoms with Crippen molar-refractivity contribution in [3.05, 3.63) is 48.5 Å². The van der Waals surface area contributed by atoms with Gasteiger partial charge in [-0.25, -0.2) is 4.98 Å². The summed E-state index contributed by atoms with van der Waals surface area (Å²) in [7, 11) is 3.33. The number of hydrogen-bond acceptors (Lipinski definition) is 7. The topological polar surface area (TPSA) is 143 Å². The number of nitrogens with zero attached hydrogens (tertiary/aromatic N) is 3. The fourth-order valence-corrected chi connectivity index (χ4v) is 3.70. The molecule has 1 fully saturated rings.